The maximum atomic E-state index is 13.2. The molecule has 0 radical (unpaired) electrons. The minimum absolute atomic E-state index is 0.104. The van der Waals surface area contributed by atoms with Crippen LogP contribution in [0.15, 0.2) is 52.1 Å². The van der Waals surface area contributed by atoms with E-state index in [1.165, 1.54) is 6.07 Å². The van der Waals surface area contributed by atoms with Gasteiger partial charge < -0.3 is 14.5 Å². The summed E-state index contributed by atoms with van der Waals surface area (Å²) < 4.78 is 37.2. The molecule has 0 saturated carbocycles. The summed E-state index contributed by atoms with van der Waals surface area (Å²) in [5.41, 5.74) is 1.23. The van der Waals surface area contributed by atoms with Crippen molar-refractivity contribution in [3.05, 3.63) is 65.6 Å². The summed E-state index contributed by atoms with van der Waals surface area (Å²) in [7, 11) is 0. The third-order valence-electron chi connectivity index (χ3n) is 3.63. The number of anilines is 1. The first kappa shape index (κ1) is 19.8. The van der Waals surface area contributed by atoms with Gasteiger partial charge in [0, 0.05) is 11.8 Å². The van der Waals surface area contributed by atoms with Crippen LogP contribution in [-0.2, 0) is 11.4 Å². The van der Waals surface area contributed by atoms with Gasteiger partial charge in [0.15, 0.2) is 18.2 Å². The molecular weight excluding hydrogens is 388 g/mol. The molecule has 146 valence electrons. The van der Waals surface area contributed by atoms with Crippen molar-refractivity contribution in [3.8, 4) is 5.75 Å². The second-order valence-corrected chi connectivity index (χ2v) is 7.24. The highest BCUT2D eigenvalue weighted by molar-refractivity contribution is 8.00. The molecule has 0 aliphatic rings. The normalized spacial score (nSPS) is 11.9. The van der Waals surface area contributed by atoms with Crippen molar-refractivity contribution in [2.24, 2.45) is 0 Å². The number of nitrogens with one attached hydrogen (secondary N) is 1. The molecule has 1 amide bonds. The molecule has 1 N–H and O–H groups in total. The lowest BCUT2D eigenvalue weighted by atomic mass is 10.2. The number of carbonyl (C=O) groups is 1. The zero-order valence-electron chi connectivity index (χ0n) is 15.1. The molecule has 6 nitrogen and oxygen atoms in total. The fourth-order valence-corrected chi connectivity index (χ4v) is 2.92. The van der Waals surface area contributed by atoms with Crippen LogP contribution in [0.4, 0.5) is 14.5 Å². The molecular formula is C19H17F2N3O3S. The number of aryl methyl sites for hydroxylation is 1. The van der Waals surface area contributed by atoms with E-state index in [0.29, 0.717) is 5.75 Å². The molecule has 0 saturated heterocycles. The number of ether oxygens (including phenoxy) is 1. The predicted molar refractivity (Wildman–Crippen MR) is 100 cm³/mol. The van der Waals surface area contributed by atoms with Gasteiger partial charge in [-0.25, -0.2) is 8.78 Å². The number of halogens is 2. The van der Waals surface area contributed by atoms with Gasteiger partial charge in [0.2, 0.25) is 5.91 Å². The molecule has 3 rings (SSSR count). The van der Waals surface area contributed by atoms with Crippen LogP contribution in [0.1, 0.15) is 18.4 Å². The van der Waals surface area contributed by atoms with Crippen molar-refractivity contribution >= 4 is 23.4 Å². The molecule has 3 aromatic rings. The average Bonchev–Trinajstić information content (AvgIpc) is 3.10. The summed E-state index contributed by atoms with van der Waals surface area (Å²) in [4.78, 5) is 12.2. The number of amides is 1. The van der Waals surface area contributed by atoms with E-state index in [4.69, 9.17) is 9.15 Å². The first-order chi connectivity index (χ1) is 13.4. The van der Waals surface area contributed by atoms with Gasteiger partial charge in [-0.15, -0.1) is 10.2 Å². The van der Waals surface area contributed by atoms with Gasteiger partial charge in [0.1, 0.15) is 5.75 Å². The summed E-state index contributed by atoms with van der Waals surface area (Å²) in [5, 5.41) is 9.88. The summed E-state index contributed by atoms with van der Waals surface area (Å²) in [6.45, 7) is 3.69. The van der Waals surface area contributed by atoms with Crippen molar-refractivity contribution in [2.45, 2.75) is 30.9 Å². The molecule has 0 unspecified atom stereocenters. The molecule has 1 aromatic heterocycles. The van der Waals surface area contributed by atoms with E-state index in [-0.39, 0.29) is 23.4 Å². The van der Waals surface area contributed by atoms with Gasteiger partial charge in [-0.1, -0.05) is 23.9 Å². The lowest BCUT2D eigenvalue weighted by molar-refractivity contribution is -0.115. The Balaban J connectivity index is 1.53. The summed E-state index contributed by atoms with van der Waals surface area (Å²) in [5.74, 6) is -1.46. The van der Waals surface area contributed by atoms with Crippen LogP contribution < -0.4 is 10.1 Å². The van der Waals surface area contributed by atoms with Gasteiger partial charge >= 0.3 is 0 Å². The van der Waals surface area contributed by atoms with E-state index >= 15 is 0 Å². The molecule has 1 atom stereocenters. The number of rotatable bonds is 7. The smallest absolute Gasteiger partial charge is 0.277 e. The number of nitrogens with zero attached hydrogens (tertiary/aromatic N) is 2. The molecule has 2 aromatic carbocycles. The second kappa shape index (κ2) is 8.83. The first-order valence-corrected chi connectivity index (χ1v) is 9.23. The highest BCUT2D eigenvalue weighted by Crippen LogP contribution is 2.24. The van der Waals surface area contributed by atoms with E-state index in [1.54, 1.807) is 6.92 Å². The van der Waals surface area contributed by atoms with E-state index in [9.17, 15) is 13.6 Å². The van der Waals surface area contributed by atoms with Crippen LogP contribution in [0.3, 0.4) is 0 Å². The van der Waals surface area contributed by atoms with E-state index in [0.717, 1.165) is 29.5 Å². The molecule has 28 heavy (non-hydrogen) atoms. The minimum atomic E-state index is -1.03. The van der Waals surface area contributed by atoms with Gasteiger partial charge in [0.05, 0.1) is 5.25 Å². The van der Waals surface area contributed by atoms with Crippen LogP contribution in [0.25, 0.3) is 0 Å². The van der Waals surface area contributed by atoms with Gasteiger partial charge in [-0.05, 0) is 43.7 Å². The number of benzene rings is 2. The van der Waals surface area contributed by atoms with Crippen LogP contribution in [0.5, 0.6) is 5.75 Å². The Labute approximate surface area is 164 Å². The Kier molecular flexibility index (Phi) is 6.25. The lowest BCUT2D eigenvalue weighted by Gasteiger charge is -2.10. The van der Waals surface area contributed by atoms with Crippen molar-refractivity contribution in [1.29, 1.82) is 0 Å². The fourth-order valence-electron chi connectivity index (χ4n) is 2.22. The Bertz CT molecular complexity index is 981. The van der Waals surface area contributed by atoms with Crippen LogP contribution in [0, 0.1) is 18.6 Å². The molecule has 0 bridgehead atoms. The third kappa shape index (κ3) is 5.29. The largest absolute Gasteiger partial charge is 0.484 e. The molecule has 1 heterocycles. The SMILES string of the molecule is Cc1cccc(OCc2nnc(S[C@H](C)C(=O)Nc3ccc(F)c(F)c3)o2)c1. The number of thioether (sulfide) groups is 1. The highest BCUT2D eigenvalue weighted by atomic mass is 32.2. The summed E-state index contributed by atoms with van der Waals surface area (Å²) >= 11 is 1.05. The van der Waals surface area contributed by atoms with Gasteiger partial charge in [-0.2, -0.15) is 0 Å². The lowest BCUT2D eigenvalue weighted by Crippen LogP contribution is -2.22. The number of carbonyl (C=O) groups excluding carboxylic acids is 1. The molecule has 9 heteroatoms. The van der Waals surface area contributed by atoms with E-state index < -0.39 is 22.8 Å². The molecule has 0 spiro atoms. The molecule has 0 aliphatic carbocycles. The molecule has 0 aliphatic heterocycles. The predicted octanol–water partition coefficient (Wildman–Crippen LogP) is 4.35. The fraction of sp³-hybridized carbons (Fsp3) is 0.211. The van der Waals surface area contributed by atoms with Crippen molar-refractivity contribution in [2.75, 3.05) is 5.32 Å². The van der Waals surface area contributed by atoms with Crippen LogP contribution in [0.2, 0.25) is 0 Å². The first-order valence-electron chi connectivity index (χ1n) is 8.35. The Morgan fingerprint density at radius 1 is 1.21 bits per heavy atom. The quantitative estimate of drug-likeness (QED) is 0.589. The van der Waals surface area contributed by atoms with E-state index in [1.807, 2.05) is 31.2 Å². The Morgan fingerprint density at radius 3 is 2.79 bits per heavy atom. The van der Waals surface area contributed by atoms with Gasteiger partial charge in [0.25, 0.3) is 11.1 Å². The van der Waals surface area contributed by atoms with Crippen molar-refractivity contribution < 1.29 is 22.7 Å². The van der Waals surface area contributed by atoms with Crippen molar-refractivity contribution in [1.82, 2.24) is 10.2 Å². The topological polar surface area (TPSA) is 77.2 Å². The zero-order chi connectivity index (χ0) is 20.1. The van der Waals surface area contributed by atoms with Crippen LogP contribution >= 0.6 is 11.8 Å². The highest BCUT2D eigenvalue weighted by Gasteiger charge is 2.19. The zero-order valence-corrected chi connectivity index (χ0v) is 15.9. The van der Waals surface area contributed by atoms with Gasteiger partial charge in [-0.3, -0.25) is 4.79 Å². The van der Waals surface area contributed by atoms with Crippen molar-refractivity contribution in [3.63, 3.8) is 0 Å². The third-order valence-corrected chi connectivity index (χ3v) is 4.57. The summed E-state index contributed by atoms with van der Waals surface area (Å²) in [6, 6.07) is 10.7. The number of aromatic nitrogens is 2. The summed E-state index contributed by atoms with van der Waals surface area (Å²) in [6.07, 6.45) is 0. The number of hydrogen-bond acceptors (Lipinski definition) is 6. The van der Waals surface area contributed by atoms with E-state index in [2.05, 4.69) is 15.5 Å². The Hall–Kier alpha value is -2.94. The maximum Gasteiger partial charge on any atom is 0.277 e. The monoisotopic (exact) mass is 405 g/mol. The molecule has 0 fully saturated rings. The standard InChI is InChI=1S/C19H17F2N3O3S/c1-11-4-3-5-14(8-11)26-10-17-23-24-19(27-17)28-12(2)18(25)22-13-6-7-15(20)16(21)9-13/h3-9,12H,10H2,1-2H3,(H,22,25)/t12-/m1/s1. The van der Waals surface area contributed by atoms with Crippen LogP contribution in [-0.4, -0.2) is 21.4 Å². The maximum absolute atomic E-state index is 13.2. The second-order valence-electron chi connectivity index (χ2n) is 5.95. The minimum Gasteiger partial charge on any atom is -0.484 e. The Morgan fingerprint density at radius 2 is 2.04 bits per heavy atom. The number of hydrogen-bond donors (Lipinski definition) is 1. The average molecular weight is 405 g/mol.